The minimum absolute atomic E-state index is 0.388. The van der Waals surface area contributed by atoms with Crippen LogP contribution in [-0.2, 0) is 4.74 Å². The van der Waals surface area contributed by atoms with Crippen molar-refractivity contribution >= 4 is 5.70 Å². The molecule has 0 bridgehead atoms. The quantitative estimate of drug-likeness (QED) is 0.811. The van der Waals surface area contributed by atoms with Gasteiger partial charge in [0.1, 0.15) is 5.69 Å². The molecule has 2 rings (SSSR count). The molecule has 0 amide bonds. The zero-order valence-electron chi connectivity index (χ0n) is 9.23. The van der Waals surface area contributed by atoms with E-state index in [1.807, 2.05) is 16.9 Å². The Hall–Kier alpha value is -1.29. The fraction of sp³-hybridized carbons (Fsp3) is 0.545. The van der Waals surface area contributed by atoms with Crippen molar-refractivity contribution in [3.05, 3.63) is 24.5 Å². The SMILES string of the molecule is C=C(NC1COC1)c1ccn(C(C)C)n1. The highest BCUT2D eigenvalue weighted by Gasteiger charge is 2.19. The van der Waals surface area contributed by atoms with E-state index in [4.69, 9.17) is 4.74 Å². The zero-order chi connectivity index (χ0) is 10.8. The number of nitrogens with zero attached hydrogens (tertiary/aromatic N) is 2. The lowest BCUT2D eigenvalue weighted by molar-refractivity contribution is 0.00205. The number of rotatable bonds is 4. The van der Waals surface area contributed by atoms with Crippen molar-refractivity contribution in [1.82, 2.24) is 15.1 Å². The summed E-state index contributed by atoms with van der Waals surface area (Å²) in [5.41, 5.74) is 1.79. The van der Waals surface area contributed by atoms with E-state index in [1.54, 1.807) is 0 Å². The van der Waals surface area contributed by atoms with Gasteiger partial charge >= 0.3 is 0 Å². The molecule has 4 heteroatoms. The zero-order valence-corrected chi connectivity index (χ0v) is 9.23. The van der Waals surface area contributed by atoms with Gasteiger partial charge in [0.2, 0.25) is 0 Å². The lowest BCUT2D eigenvalue weighted by atomic mass is 10.2. The summed E-state index contributed by atoms with van der Waals surface area (Å²) in [4.78, 5) is 0. The topological polar surface area (TPSA) is 39.1 Å². The highest BCUT2D eigenvalue weighted by Crippen LogP contribution is 2.12. The largest absolute Gasteiger partial charge is 0.377 e. The first-order valence-electron chi connectivity index (χ1n) is 5.25. The highest BCUT2D eigenvalue weighted by molar-refractivity contribution is 5.58. The van der Waals surface area contributed by atoms with Crippen molar-refractivity contribution in [1.29, 1.82) is 0 Å². The van der Waals surface area contributed by atoms with Crippen molar-refractivity contribution in [2.75, 3.05) is 13.2 Å². The molecule has 1 saturated heterocycles. The molecular formula is C11H17N3O. The molecule has 0 aromatic carbocycles. The third kappa shape index (κ3) is 2.21. The maximum absolute atomic E-state index is 5.09. The van der Waals surface area contributed by atoms with Crippen LogP contribution in [0.2, 0.25) is 0 Å². The molecule has 1 aliphatic rings. The van der Waals surface area contributed by atoms with Crippen LogP contribution in [0.25, 0.3) is 5.70 Å². The molecule has 1 aromatic heterocycles. The Morgan fingerprint density at radius 3 is 2.87 bits per heavy atom. The minimum Gasteiger partial charge on any atom is -0.377 e. The van der Waals surface area contributed by atoms with Gasteiger partial charge in [-0.1, -0.05) is 6.58 Å². The van der Waals surface area contributed by atoms with Gasteiger partial charge in [0.15, 0.2) is 0 Å². The van der Waals surface area contributed by atoms with Crippen molar-refractivity contribution < 1.29 is 4.74 Å². The minimum atomic E-state index is 0.388. The van der Waals surface area contributed by atoms with Gasteiger partial charge in [-0.05, 0) is 19.9 Å². The lowest BCUT2D eigenvalue weighted by Crippen LogP contribution is -2.44. The monoisotopic (exact) mass is 207 g/mol. The summed E-state index contributed by atoms with van der Waals surface area (Å²) < 4.78 is 7.02. The molecule has 0 atom stereocenters. The van der Waals surface area contributed by atoms with Crippen molar-refractivity contribution in [2.45, 2.75) is 25.9 Å². The van der Waals surface area contributed by atoms with Crippen molar-refractivity contribution in [3.8, 4) is 0 Å². The van der Waals surface area contributed by atoms with Gasteiger partial charge in [0, 0.05) is 12.2 Å². The van der Waals surface area contributed by atoms with E-state index in [-0.39, 0.29) is 0 Å². The fourth-order valence-corrected chi connectivity index (χ4v) is 1.43. The van der Waals surface area contributed by atoms with E-state index >= 15 is 0 Å². The molecule has 0 spiro atoms. The van der Waals surface area contributed by atoms with Gasteiger partial charge in [-0.25, -0.2) is 0 Å². The van der Waals surface area contributed by atoms with Gasteiger partial charge in [-0.15, -0.1) is 0 Å². The average Bonchev–Trinajstić information content (AvgIpc) is 2.59. The summed E-state index contributed by atoms with van der Waals surface area (Å²) in [7, 11) is 0. The molecule has 1 fully saturated rings. The number of nitrogens with one attached hydrogen (secondary N) is 1. The van der Waals surface area contributed by atoms with Gasteiger partial charge in [0.25, 0.3) is 0 Å². The average molecular weight is 207 g/mol. The predicted molar refractivity (Wildman–Crippen MR) is 59.4 cm³/mol. The van der Waals surface area contributed by atoms with Gasteiger partial charge in [-0.2, -0.15) is 5.10 Å². The van der Waals surface area contributed by atoms with Crippen LogP contribution in [0.15, 0.2) is 18.8 Å². The Kier molecular flexibility index (Phi) is 2.77. The molecular weight excluding hydrogens is 190 g/mol. The molecule has 1 aliphatic heterocycles. The van der Waals surface area contributed by atoms with Gasteiger partial charge in [-0.3, -0.25) is 4.68 Å². The number of hydrogen-bond acceptors (Lipinski definition) is 3. The standard InChI is InChI=1S/C11H17N3O/c1-8(2)14-5-4-11(13-14)9(3)12-10-6-15-7-10/h4-5,8,10,12H,3,6-7H2,1-2H3. The Bertz CT molecular complexity index is 352. The summed E-state index contributed by atoms with van der Waals surface area (Å²) in [5.74, 6) is 0. The molecule has 0 radical (unpaired) electrons. The van der Waals surface area contributed by atoms with Crippen LogP contribution in [0.4, 0.5) is 0 Å². The molecule has 82 valence electrons. The van der Waals surface area contributed by atoms with E-state index in [1.165, 1.54) is 0 Å². The van der Waals surface area contributed by atoms with Crippen molar-refractivity contribution in [3.63, 3.8) is 0 Å². The smallest absolute Gasteiger partial charge is 0.108 e. The predicted octanol–water partition coefficient (Wildman–Crippen LogP) is 1.42. The third-order valence-corrected chi connectivity index (χ3v) is 2.46. The molecule has 0 saturated carbocycles. The molecule has 15 heavy (non-hydrogen) atoms. The van der Waals surface area contributed by atoms with E-state index in [0.717, 1.165) is 24.6 Å². The Morgan fingerprint density at radius 1 is 1.67 bits per heavy atom. The Morgan fingerprint density at radius 2 is 2.40 bits per heavy atom. The summed E-state index contributed by atoms with van der Waals surface area (Å²) in [6.07, 6.45) is 1.98. The summed E-state index contributed by atoms with van der Waals surface area (Å²) >= 11 is 0. The van der Waals surface area contributed by atoms with Crippen LogP contribution in [0.3, 0.4) is 0 Å². The van der Waals surface area contributed by atoms with E-state index in [2.05, 4.69) is 30.8 Å². The normalized spacial score (nSPS) is 16.5. The lowest BCUT2D eigenvalue weighted by Gasteiger charge is -2.28. The number of aromatic nitrogens is 2. The van der Waals surface area contributed by atoms with Crippen LogP contribution in [0.1, 0.15) is 25.6 Å². The van der Waals surface area contributed by atoms with Crippen LogP contribution >= 0.6 is 0 Å². The second-order valence-corrected chi connectivity index (χ2v) is 4.13. The van der Waals surface area contributed by atoms with Crippen LogP contribution < -0.4 is 5.32 Å². The first-order chi connectivity index (χ1) is 7.16. The summed E-state index contributed by atoms with van der Waals surface area (Å²) in [6.45, 7) is 9.72. The van der Waals surface area contributed by atoms with Gasteiger partial charge in [0.05, 0.1) is 25.0 Å². The van der Waals surface area contributed by atoms with Crippen LogP contribution in [0.5, 0.6) is 0 Å². The third-order valence-electron chi connectivity index (χ3n) is 2.46. The van der Waals surface area contributed by atoms with Crippen LogP contribution in [0, 0.1) is 0 Å². The van der Waals surface area contributed by atoms with E-state index in [0.29, 0.717) is 12.1 Å². The molecule has 1 N–H and O–H groups in total. The number of hydrogen-bond donors (Lipinski definition) is 1. The Labute approximate surface area is 89.9 Å². The molecule has 1 aromatic rings. The molecule has 2 heterocycles. The highest BCUT2D eigenvalue weighted by atomic mass is 16.5. The van der Waals surface area contributed by atoms with Crippen molar-refractivity contribution in [2.24, 2.45) is 0 Å². The summed E-state index contributed by atoms with van der Waals surface area (Å²) in [5, 5.41) is 7.72. The molecule has 4 nitrogen and oxygen atoms in total. The number of ether oxygens (including phenoxy) is 1. The van der Waals surface area contributed by atoms with E-state index < -0.39 is 0 Å². The van der Waals surface area contributed by atoms with Gasteiger partial charge < -0.3 is 10.1 Å². The fourth-order valence-electron chi connectivity index (χ4n) is 1.43. The Balaban J connectivity index is 1.98. The molecule has 0 unspecified atom stereocenters. The van der Waals surface area contributed by atoms with Crippen LogP contribution in [-0.4, -0.2) is 29.0 Å². The first-order valence-corrected chi connectivity index (χ1v) is 5.25. The maximum Gasteiger partial charge on any atom is 0.108 e. The summed E-state index contributed by atoms with van der Waals surface area (Å²) in [6, 6.07) is 2.77. The second-order valence-electron chi connectivity index (χ2n) is 4.13. The second kappa shape index (κ2) is 4.06. The first kappa shape index (κ1) is 10.2. The van der Waals surface area contributed by atoms with E-state index in [9.17, 15) is 0 Å². The maximum atomic E-state index is 5.09. The molecule has 0 aliphatic carbocycles.